The van der Waals surface area contributed by atoms with Gasteiger partial charge in [0.2, 0.25) is 5.95 Å². The lowest BCUT2D eigenvalue weighted by molar-refractivity contribution is 0.122. The van der Waals surface area contributed by atoms with Crippen LogP contribution in [0.5, 0.6) is 0 Å². The zero-order valence-electron chi connectivity index (χ0n) is 14.4. The molecule has 0 bridgehead atoms. The molecule has 0 aromatic carbocycles. The van der Waals surface area contributed by atoms with Crippen molar-refractivity contribution in [1.29, 1.82) is 0 Å². The molecule has 0 amide bonds. The van der Waals surface area contributed by atoms with Crippen LogP contribution >= 0.6 is 0 Å². The van der Waals surface area contributed by atoms with Crippen molar-refractivity contribution in [2.45, 2.75) is 6.54 Å². The third kappa shape index (κ3) is 4.05. The van der Waals surface area contributed by atoms with Gasteiger partial charge in [-0.1, -0.05) is 0 Å². The van der Waals surface area contributed by atoms with Gasteiger partial charge in [0.05, 0.1) is 32.2 Å². The van der Waals surface area contributed by atoms with E-state index in [1.165, 1.54) is 0 Å². The molecule has 2 aliphatic rings. The minimum Gasteiger partial charge on any atom is -0.378 e. The molecule has 2 aromatic heterocycles. The Labute approximate surface area is 147 Å². The molecule has 4 rings (SSSR count). The smallest absolute Gasteiger partial charge is 0.227 e. The quantitative estimate of drug-likeness (QED) is 0.734. The summed E-state index contributed by atoms with van der Waals surface area (Å²) in [5.41, 5.74) is 0. The van der Waals surface area contributed by atoms with E-state index in [4.69, 9.17) is 9.72 Å². The van der Waals surface area contributed by atoms with Crippen LogP contribution in [0.4, 0.5) is 11.8 Å². The topological polar surface area (TPSA) is 75.4 Å². The lowest BCUT2D eigenvalue weighted by Gasteiger charge is -2.35. The summed E-state index contributed by atoms with van der Waals surface area (Å²) in [4.78, 5) is 17.9. The number of morpholine rings is 1. The molecule has 2 fully saturated rings. The molecule has 134 valence electrons. The van der Waals surface area contributed by atoms with Gasteiger partial charge in [-0.15, -0.1) is 0 Å². The number of rotatable bonds is 5. The number of ether oxygens (including phenoxy) is 1. The molecule has 0 unspecified atom stereocenters. The fourth-order valence-corrected chi connectivity index (χ4v) is 3.22. The monoisotopic (exact) mass is 344 g/mol. The molecule has 0 atom stereocenters. The zero-order valence-corrected chi connectivity index (χ0v) is 14.4. The molecular formula is C16H24N8O. The van der Waals surface area contributed by atoms with Crippen LogP contribution in [0.25, 0.3) is 0 Å². The highest BCUT2D eigenvalue weighted by Crippen LogP contribution is 2.17. The summed E-state index contributed by atoms with van der Waals surface area (Å²) < 4.78 is 5.41. The van der Waals surface area contributed by atoms with E-state index < -0.39 is 0 Å². The van der Waals surface area contributed by atoms with Gasteiger partial charge in [-0.3, -0.25) is 4.90 Å². The number of aromatic nitrogens is 5. The lowest BCUT2D eigenvalue weighted by atomic mass is 10.3. The molecule has 0 saturated carbocycles. The Balaban J connectivity index is 1.31. The molecule has 25 heavy (non-hydrogen) atoms. The van der Waals surface area contributed by atoms with Gasteiger partial charge >= 0.3 is 0 Å². The average Bonchev–Trinajstić information content (AvgIpc) is 3.21. The average molecular weight is 344 g/mol. The Morgan fingerprint density at radius 2 is 1.60 bits per heavy atom. The largest absolute Gasteiger partial charge is 0.378 e. The lowest BCUT2D eigenvalue weighted by Crippen LogP contribution is -2.47. The van der Waals surface area contributed by atoms with Gasteiger partial charge < -0.3 is 14.5 Å². The van der Waals surface area contributed by atoms with E-state index in [0.29, 0.717) is 0 Å². The Hall–Kier alpha value is -2.26. The number of piperazine rings is 1. The Morgan fingerprint density at radius 3 is 2.36 bits per heavy atom. The van der Waals surface area contributed by atoms with E-state index in [2.05, 4.69) is 29.9 Å². The van der Waals surface area contributed by atoms with E-state index in [1.54, 1.807) is 17.2 Å². The number of nitrogens with zero attached hydrogens (tertiary/aromatic N) is 8. The van der Waals surface area contributed by atoms with Crippen LogP contribution < -0.4 is 9.80 Å². The van der Waals surface area contributed by atoms with Crippen molar-refractivity contribution < 1.29 is 4.74 Å². The predicted octanol–water partition coefficient (Wildman–Crippen LogP) is -0.273. The van der Waals surface area contributed by atoms with Crippen LogP contribution in [0.3, 0.4) is 0 Å². The van der Waals surface area contributed by atoms with Crippen molar-refractivity contribution in [2.24, 2.45) is 0 Å². The summed E-state index contributed by atoms with van der Waals surface area (Å²) >= 11 is 0. The second-order valence-electron chi connectivity index (χ2n) is 6.27. The first-order valence-corrected chi connectivity index (χ1v) is 8.86. The fraction of sp³-hybridized carbons (Fsp3) is 0.625. The van der Waals surface area contributed by atoms with Gasteiger partial charge in [-0.25, -0.2) is 4.98 Å². The normalized spacial score (nSPS) is 19.4. The predicted molar refractivity (Wildman–Crippen MR) is 93.7 cm³/mol. The molecule has 2 aliphatic heterocycles. The zero-order chi connectivity index (χ0) is 16.9. The van der Waals surface area contributed by atoms with Crippen LogP contribution in [0.15, 0.2) is 24.7 Å². The standard InChI is InChI=1S/C16H24N8O/c1-2-17-16(23-11-13-25-14-12-23)20-15(1)22-8-5-21(6-9-22)7-10-24-18-3-4-19-24/h1-4H,5-14H2. The Bertz CT molecular complexity index is 650. The van der Waals surface area contributed by atoms with Crippen LogP contribution in [0.1, 0.15) is 0 Å². The summed E-state index contributed by atoms with van der Waals surface area (Å²) in [6, 6.07) is 2.01. The molecule has 2 aromatic rings. The molecule has 4 heterocycles. The second kappa shape index (κ2) is 7.75. The molecule has 9 nitrogen and oxygen atoms in total. The van der Waals surface area contributed by atoms with Gasteiger partial charge in [-0.05, 0) is 6.07 Å². The van der Waals surface area contributed by atoms with Gasteiger partial charge in [-0.2, -0.15) is 20.0 Å². The molecule has 0 spiro atoms. The second-order valence-corrected chi connectivity index (χ2v) is 6.27. The summed E-state index contributed by atoms with van der Waals surface area (Å²) in [7, 11) is 0. The SMILES string of the molecule is c1cc(N2CCN(CCn3nccn3)CC2)nc(N2CCOCC2)n1. The van der Waals surface area contributed by atoms with E-state index >= 15 is 0 Å². The highest BCUT2D eigenvalue weighted by molar-refractivity contribution is 5.44. The number of hydrogen-bond acceptors (Lipinski definition) is 8. The van der Waals surface area contributed by atoms with Crippen LogP contribution in [-0.2, 0) is 11.3 Å². The van der Waals surface area contributed by atoms with Crippen LogP contribution in [0.2, 0.25) is 0 Å². The highest BCUT2D eigenvalue weighted by Gasteiger charge is 2.20. The molecule has 0 N–H and O–H groups in total. The van der Waals surface area contributed by atoms with E-state index in [1.807, 2.05) is 12.3 Å². The van der Waals surface area contributed by atoms with E-state index in [0.717, 1.165) is 77.3 Å². The first-order valence-electron chi connectivity index (χ1n) is 8.86. The summed E-state index contributed by atoms with van der Waals surface area (Å²) in [6.07, 6.45) is 5.31. The van der Waals surface area contributed by atoms with Crippen molar-refractivity contribution in [3.63, 3.8) is 0 Å². The van der Waals surface area contributed by atoms with Crippen molar-refractivity contribution in [1.82, 2.24) is 29.9 Å². The van der Waals surface area contributed by atoms with Gasteiger partial charge in [0.1, 0.15) is 5.82 Å². The summed E-state index contributed by atoms with van der Waals surface area (Å²) in [6.45, 7) is 9.04. The van der Waals surface area contributed by atoms with Crippen LogP contribution in [0, 0.1) is 0 Å². The molecular weight excluding hydrogens is 320 g/mol. The minimum absolute atomic E-state index is 0.747. The fourth-order valence-electron chi connectivity index (χ4n) is 3.22. The van der Waals surface area contributed by atoms with Crippen molar-refractivity contribution in [3.8, 4) is 0 Å². The summed E-state index contributed by atoms with van der Waals surface area (Å²) in [5, 5.41) is 8.31. The third-order valence-electron chi connectivity index (χ3n) is 4.70. The Morgan fingerprint density at radius 1 is 0.840 bits per heavy atom. The molecule has 2 saturated heterocycles. The molecule has 0 aliphatic carbocycles. The number of hydrogen-bond donors (Lipinski definition) is 0. The van der Waals surface area contributed by atoms with Crippen LogP contribution in [-0.4, -0.2) is 88.9 Å². The first kappa shape index (κ1) is 16.2. The van der Waals surface area contributed by atoms with E-state index in [-0.39, 0.29) is 0 Å². The number of anilines is 2. The molecule has 0 radical (unpaired) electrons. The maximum Gasteiger partial charge on any atom is 0.227 e. The molecule has 9 heteroatoms. The third-order valence-corrected chi connectivity index (χ3v) is 4.70. The first-order chi connectivity index (χ1) is 12.4. The summed E-state index contributed by atoms with van der Waals surface area (Å²) in [5.74, 6) is 1.83. The van der Waals surface area contributed by atoms with E-state index in [9.17, 15) is 0 Å². The minimum atomic E-state index is 0.747. The highest BCUT2D eigenvalue weighted by atomic mass is 16.5. The maximum atomic E-state index is 5.41. The van der Waals surface area contributed by atoms with Gasteiger partial charge in [0.15, 0.2) is 0 Å². The van der Waals surface area contributed by atoms with Gasteiger partial charge in [0.25, 0.3) is 0 Å². The maximum absolute atomic E-state index is 5.41. The van der Waals surface area contributed by atoms with Crippen molar-refractivity contribution in [3.05, 3.63) is 24.7 Å². The van der Waals surface area contributed by atoms with Crippen molar-refractivity contribution in [2.75, 3.05) is 68.8 Å². The van der Waals surface area contributed by atoms with Crippen molar-refractivity contribution >= 4 is 11.8 Å². The Kier molecular flexibility index (Phi) is 5.03. The van der Waals surface area contributed by atoms with Gasteiger partial charge in [0, 0.05) is 52.0 Å².